The Hall–Kier alpha value is -2.38. The molecule has 3 aromatic carbocycles. The van der Waals surface area contributed by atoms with Gasteiger partial charge in [-0.3, -0.25) is 0 Å². The van der Waals surface area contributed by atoms with Crippen molar-refractivity contribution < 1.29 is 0 Å². The van der Waals surface area contributed by atoms with Crippen LogP contribution in [0.25, 0.3) is 31.7 Å². The van der Waals surface area contributed by atoms with Crippen LogP contribution in [0, 0.1) is 0 Å². The quantitative estimate of drug-likeness (QED) is 0.409. The highest BCUT2D eigenvalue weighted by atomic mass is 32.1. The summed E-state index contributed by atoms with van der Waals surface area (Å²) in [4.78, 5) is 2.64. The van der Waals surface area contributed by atoms with E-state index in [1.807, 2.05) is 11.3 Å². The monoisotopic (exact) mass is 286 g/mol. The Morgan fingerprint density at radius 3 is 1.95 bits per heavy atom. The van der Waals surface area contributed by atoms with Crippen LogP contribution in [0.5, 0.6) is 0 Å². The molecule has 0 saturated carbocycles. The van der Waals surface area contributed by atoms with Crippen LogP contribution in [0.1, 0.15) is 0 Å². The minimum Gasteiger partial charge on any atom is -0.135 e. The van der Waals surface area contributed by atoms with Crippen LogP contribution >= 0.6 is 11.3 Å². The van der Waals surface area contributed by atoms with E-state index < -0.39 is 0 Å². The lowest BCUT2D eigenvalue weighted by Crippen LogP contribution is -1.74. The molecule has 0 nitrogen and oxygen atoms in total. The Bertz CT molecular complexity index is 888. The lowest BCUT2D eigenvalue weighted by molar-refractivity contribution is 1.70. The summed E-state index contributed by atoms with van der Waals surface area (Å²) in [6.07, 6.45) is 0. The number of fused-ring (bicyclic) bond motifs is 1. The minimum atomic E-state index is 1.29. The molecule has 0 saturated heterocycles. The zero-order valence-corrected chi connectivity index (χ0v) is 12.3. The van der Waals surface area contributed by atoms with Gasteiger partial charge in [0.15, 0.2) is 0 Å². The van der Waals surface area contributed by atoms with Crippen molar-refractivity contribution in [2.75, 3.05) is 0 Å². The molecule has 0 spiro atoms. The second-order valence-corrected chi connectivity index (χ2v) is 6.18. The van der Waals surface area contributed by atoms with E-state index in [0.29, 0.717) is 0 Å². The highest BCUT2D eigenvalue weighted by Crippen LogP contribution is 2.35. The molecule has 21 heavy (non-hydrogen) atoms. The van der Waals surface area contributed by atoms with Gasteiger partial charge in [0, 0.05) is 9.75 Å². The Morgan fingerprint density at radius 1 is 0.476 bits per heavy atom. The van der Waals surface area contributed by atoms with Crippen molar-refractivity contribution in [3.63, 3.8) is 0 Å². The Morgan fingerprint density at radius 2 is 1.14 bits per heavy atom. The standard InChI is InChI=1S/C20H14S/c1-2-7-16(8-3-1)19-12-13-20(21-19)18-11-10-15-6-4-5-9-17(15)14-18/h1-14H. The van der Waals surface area contributed by atoms with Gasteiger partial charge in [0.1, 0.15) is 0 Å². The fourth-order valence-electron chi connectivity index (χ4n) is 2.59. The minimum absolute atomic E-state index is 1.29. The second-order valence-electron chi connectivity index (χ2n) is 5.09. The molecule has 0 unspecified atom stereocenters. The van der Waals surface area contributed by atoms with Gasteiger partial charge in [0.25, 0.3) is 0 Å². The van der Waals surface area contributed by atoms with Crippen molar-refractivity contribution in [1.82, 2.24) is 0 Å². The van der Waals surface area contributed by atoms with Gasteiger partial charge in [-0.1, -0.05) is 66.7 Å². The Balaban J connectivity index is 1.77. The number of hydrogen-bond donors (Lipinski definition) is 0. The second kappa shape index (κ2) is 5.19. The summed E-state index contributed by atoms with van der Waals surface area (Å²) >= 11 is 1.85. The first-order valence-corrected chi connectivity index (χ1v) is 7.86. The molecule has 0 N–H and O–H groups in total. The maximum Gasteiger partial charge on any atom is 0.0349 e. The van der Waals surface area contributed by atoms with Crippen LogP contribution in [-0.4, -0.2) is 0 Å². The highest BCUT2D eigenvalue weighted by molar-refractivity contribution is 7.18. The van der Waals surface area contributed by atoms with Crippen molar-refractivity contribution in [3.05, 3.63) is 84.9 Å². The summed E-state index contributed by atoms with van der Waals surface area (Å²) < 4.78 is 0. The molecule has 0 amide bonds. The fourth-order valence-corrected chi connectivity index (χ4v) is 3.60. The maximum absolute atomic E-state index is 2.27. The number of rotatable bonds is 2. The third-order valence-electron chi connectivity index (χ3n) is 3.70. The molecule has 0 atom stereocenters. The maximum atomic E-state index is 2.27. The Kier molecular flexibility index (Phi) is 3.06. The number of thiophene rings is 1. The molecular formula is C20H14S. The van der Waals surface area contributed by atoms with Gasteiger partial charge in [-0.05, 0) is 40.1 Å². The van der Waals surface area contributed by atoms with E-state index in [-0.39, 0.29) is 0 Å². The average Bonchev–Trinajstić information content (AvgIpc) is 3.05. The van der Waals surface area contributed by atoms with Crippen molar-refractivity contribution in [2.24, 2.45) is 0 Å². The van der Waals surface area contributed by atoms with Crippen LogP contribution in [-0.2, 0) is 0 Å². The number of hydrogen-bond acceptors (Lipinski definition) is 1. The van der Waals surface area contributed by atoms with Crippen molar-refractivity contribution in [1.29, 1.82) is 0 Å². The zero-order valence-electron chi connectivity index (χ0n) is 11.5. The van der Waals surface area contributed by atoms with E-state index in [1.54, 1.807) is 0 Å². The molecule has 4 rings (SSSR count). The van der Waals surface area contributed by atoms with Crippen LogP contribution in [0.15, 0.2) is 84.9 Å². The lowest BCUT2D eigenvalue weighted by atomic mass is 10.1. The molecule has 0 aliphatic rings. The first-order valence-electron chi connectivity index (χ1n) is 7.04. The summed E-state index contributed by atoms with van der Waals surface area (Å²) in [6, 6.07) is 30.2. The summed E-state index contributed by atoms with van der Waals surface area (Å²) in [5.74, 6) is 0. The van der Waals surface area contributed by atoms with E-state index in [9.17, 15) is 0 Å². The third kappa shape index (κ3) is 2.37. The third-order valence-corrected chi connectivity index (χ3v) is 4.88. The van der Waals surface area contributed by atoms with Gasteiger partial charge in [-0.2, -0.15) is 0 Å². The van der Waals surface area contributed by atoms with Gasteiger partial charge in [0.2, 0.25) is 0 Å². The molecule has 100 valence electrons. The van der Waals surface area contributed by atoms with Crippen LogP contribution in [0.3, 0.4) is 0 Å². The SMILES string of the molecule is c1ccc(-c2ccc(-c3ccc4ccccc4c3)s2)cc1. The molecule has 0 aliphatic carbocycles. The van der Waals surface area contributed by atoms with Gasteiger partial charge >= 0.3 is 0 Å². The van der Waals surface area contributed by atoms with Gasteiger partial charge < -0.3 is 0 Å². The normalized spacial score (nSPS) is 10.9. The van der Waals surface area contributed by atoms with E-state index in [0.717, 1.165) is 0 Å². The smallest absolute Gasteiger partial charge is 0.0349 e. The number of benzene rings is 3. The highest BCUT2D eigenvalue weighted by Gasteiger charge is 2.05. The van der Waals surface area contributed by atoms with Crippen LogP contribution < -0.4 is 0 Å². The van der Waals surface area contributed by atoms with Gasteiger partial charge in [-0.25, -0.2) is 0 Å². The topological polar surface area (TPSA) is 0 Å². The van der Waals surface area contributed by atoms with Crippen molar-refractivity contribution >= 4 is 22.1 Å². The van der Waals surface area contributed by atoms with Crippen LogP contribution in [0.2, 0.25) is 0 Å². The predicted octanol–water partition coefficient (Wildman–Crippen LogP) is 6.24. The molecule has 1 aromatic heterocycles. The summed E-state index contributed by atoms with van der Waals surface area (Å²) in [5.41, 5.74) is 2.58. The molecule has 1 heterocycles. The van der Waals surface area contributed by atoms with Gasteiger partial charge in [0.05, 0.1) is 0 Å². The largest absolute Gasteiger partial charge is 0.135 e. The molecule has 4 aromatic rings. The lowest BCUT2D eigenvalue weighted by Gasteiger charge is -2.01. The van der Waals surface area contributed by atoms with E-state index in [2.05, 4.69) is 84.9 Å². The molecule has 0 fully saturated rings. The average molecular weight is 286 g/mol. The van der Waals surface area contributed by atoms with Crippen molar-refractivity contribution in [3.8, 4) is 20.9 Å². The van der Waals surface area contributed by atoms with Gasteiger partial charge in [-0.15, -0.1) is 11.3 Å². The molecular weight excluding hydrogens is 272 g/mol. The molecule has 1 heteroatoms. The summed E-state index contributed by atoms with van der Waals surface area (Å²) in [5, 5.41) is 2.59. The predicted molar refractivity (Wildman–Crippen MR) is 92.7 cm³/mol. The van der Waals surface area contributed by atoms with Crippen LogP contribution in [0.4, 0.5) is 0 Å². The van der Waals surface area contributed by atoms with E-state index in [1.165, 1.54) is 31.7 Å². The molecule has 0 aliphatic heterocycles. The van der Waals surface area contributed by atoms with E-state index in [4.69, 9.17) is 0 Å². The Labute approximate surface area is 128 Å². The van der Waals surface area contributed by atoms with Crippen molar-refractivity contribution in [2.45, 2.75) is 0 Å². The molecule has 0 radical (unpaired) electrons. The first-order chi connectivity index (χ1) is 10.4. The molecule has 0 bridgehead atoms. The fraction of sp³-hybridized carbons (Fsp3) is 0. The van der Waals surface area contributed by atoms with E-state index >= 15 is 0 Å². The zero-order chi connectivity index (χ0) is 14.1. The summed E-state index contributed by atoms with van der Waals surface area (Å²) in [6.45, 7) is 0. The summed E-state index contributed by atoms with van der Waals surface area (Å²) in [7, 11) is 0. The first kappa shape index (κ1) is 12.4.